The largest absolute Gasteiger partial charge is 0.772 e. The van der Waals surface area contributed by atoms with Gasteiger partial charge >= 0.3 is 0 Å². The van der Waals surface area contributed by atoms with Gasteiger partial charge in [0.05, 0.1) is 11.6 Å². The summed E-state index contributed by atoms with van der Waals surface area (Å²) in [6.45, 7) is 1.67. The minimum absolute atomic E-state index is 0.131. The summed E-state index contributed by atoms with van der Waals surface area (Å²) >= 11 is -2.44. The number of aromatic nitrogens is 2. The predicted octanol–water partition coefficient (Wildman–Crippen LogP) is 1.47. The number of aryl methyl sites for hydroxylation is 1. The molecular weight excluding hydrogens is 337 g/mol. The van der Waals surface area contributed by atoms with Crippen LogP contribution in [0.4, 0.5) is 4.39 Å². The van der Waals surface area contributed by atoms with Gasteiger partial charge in [-0.15, -0.1) is 0 Å². The molecule has 0 saturated heterocycles. The van der Waals surface area contributed by atoms with Crippen molar-refractivity contribution in [1.29, 1.82) is 0 Å². The molecular formula is C15H17FN3O4S-. The fraction of sp³-hybridized carbons (Fsp3) is 0.333. The summed E-state index contributed by atoms with van der Waals surface area (Å²) in [5.41, 5.74) is 1.17. The van der Waals surface area contributed by atoms with Crippen molar-refractivity contribution in [2.45, 2.75) is 19.9 Å². The van der Waals surface area contributed by atoms with Gasteiger partial charge in [-0.3, -0.25) is 18.9 Å². The van der Waals surface area contributed by atoms with Gasteiger partial charge in [-0.05, 0) is 19.4 Å². The number of halogens is 1. The van der Waals surface area contributed by atoms with Crippen LogP contribution in [-0.2, 0) is 22.4 Å². The molecule has 2 N–H and O–H groups in total. The number of hydroxylamine groups is 1. The number of nitrogens with one attached hydrogen (secondary N) is 1. The summed E-state index contributed by atoms with van der Waals surface area (Å²) in [7, 11) is 0. The minimum Gasteiger partial charge on any atom is -0.772 e. The van der Waals surface area contributed by atoms with Crippen molar-refractivity contribution in [3.8, 4) is 11.1 Å². The van der Waals surface area contributed by atoms with Crippen molar-refractivity contribution in [2.75, 3.05) is 5.75 Å². The normalized spacial score (nSPS) is 14.8. The van der Waals surface area contributed by atoms with E-state index in [1.165, 1.54) is 29.3 Å². The van der Waals surface area contributed by atoms with Crippen LogP contribution in [0.25, 0.3) is 11.1 Å². The van der Waals surface area contributed by atoms with Crippen LogP contribution in [0.2, 0.25) is 0 Å². The molecule has 1 aromatic carbocycles. The number of amides is 1. The molecule has 0 aliphatic rings. The number of nitrogens with zero attached hydrogens (tertiary/aromatic N) is 2. The molecule has 2 unspecified atom stereocenters. The van der Waals surface area contributed by atoms with E-state index in [9.17, 15) is 17.9 Å². The fourth-order valence-electron chi connectivity index (χ4n) is 2.33. The zero-order valence-corrected chi connectivity index (χ0v) is 13.8. The van der Waals surface area contributed by atoms with Gasteiger partial charge in [0.1, 0.15) is 5.82 Å². The quantitative estimate of drug-likeness (QED) is 0.445. The Morgan fingerprint density at radius 3 is 2.83 bits per heavy atom. The fourth-order valence-corrected chi connectivity index (χ4v) is 3.12. The number of hydrogen-bond acceptors (Lipinski definition) is 5. The zero-order valence-electron chi connectivity index (χ0n) is 12.9. The maximum Gasteiger partial charge on any atom is 0.250 e. The standard InChI is InChI=1S/C15H18FN3O4S/c1-15(10-24(22)23,14(20)18-21)6-7-19-9-11(8-17-19)12-4-2-3-5-13(12)16/h2-5,8-9,21H,6-7,10H2,1H3,(H,18,20)(H,22,23)/p-1. The zero-order chi connectivity index (χ0) is 17.7. The first-order chi connectivity index (χ1) is 11.4. The molecule has 24 heavy (non-hydrogen) atoms. The second-order valence-electron chi connectivity index (χ2n) is 5.67. The Hall–Kier alpha value is -2.10. The molecule has 1 amide bonds. The van der Waals surface area contributed by atoms with E-state index in [2.05, 4.69) is 5.10 Å². The second kappa shape index (κ2) is 7.65. The average molecular weight is 354 g/mol. The third-order valence-electron chi connectivity index (χ3n) is 3.80. The SMILES string of the molecule is CC(CCn1cc(-c2ccccc2F)cn1)(CS(=O)[O-])C(=O)NO. The summed E-state index contributed by atoms with van der Waals surface area (Å²) < 4.78 is 37.2. The van der Waals surface area contributed by atoms with Crippen LogP contribution in [-0.4, -0.2) is 35.4 Å². The highest BCUT2D eigenvalue weighted by molar-refractivity contribution is 7.79. The summed E-state index contributed by atoms with van der Waals surface area (Å²) in [5.74, 6) is -1.59. The van der Waals surface area contributed by atoms with Crippen molar-refractivity contribution < 1.29 is 23.2 Å². The molecule has 0 fully saturated rings. The van der Waals surface area contributed by atoms with Gasteiger partial charge in [0.2, 0.25) is 5.91 Å². The summed E-state index contributed by atoms with van der Waals surface area (Å²) in [5, 5.41) is 12.9. The van der Waals surface area contributed by atoms with Gasteiger partial charge < -0.3 is 4.55 Å². The number of benzene rings is 1. The lowest BCUT2D eigenvalue weighted by Crippen LogP contribution is -2.42. The first-order valence-electron chi connectivity index (χ1n) is 7.13. The van der Waals surface area contributed by atoms with E-state index in [1.807, 2.05) is 0 Å². The monoisotopic (exact) mass is 354 g/mol. The molecule has 2 rings (SSSR count). The number of carbonyl (C=O) groups is 1. The van der Waals surface area contributed by atoms with Crippen LogP contribution in [0.5, 0.6) is 0 Å². The summed E-state index contributed by atoms with van der Waals surface area (Å²) in [4.78, 5) is 11.7. The Morgan fingerprint density at radius 1 is 1.50 bits per heavy atom. The topological polar surface area (TPSA) is 107 Å². The maximum atomic E-state index is 13.8. The van der Waals surface area contributed by atoms with Gasteiger partial charge in [-0.25, -0.2) is 9.87 Å². The van der Waals surface area contributed by atoms with Crippen LogP contribution in [0, 0.1) is 11.2 Å². The first kappa shape index (κ1) is 18.2. The highest BCUT2D eigenvalue weighted by atomic mass is 32.2. The first-order valence-corrected chi connectivity index (χ1v) is 8.38. The number of carbonyl (C=O) groups excluding carboxylic acids is 1. The molecule has 7 nitrogen and oxygen atoms in total. The lowest BCUT2D eigenvalue weighted by molar-refractivity contribution is -0.138. The van der Waals surface area contributed by atoms with Crippen LogP contribution in [0.15, 0.2) is 36.7 Å². The second-order valence-corrected chi connectivity index (χ2v) is 6.57. The van der Waals surface area contributed by atoms with Crippen LogP contribution >= 0.6 is 0 Å². The van der Waals surface area contributed by atoms with E-state index in [0.717, 1.165) is 0 Å². The lowest BCUT2D eigenvalue weighted by atomic mass is 9.88. The van der Waals surface area contributed by atoms with Crippen molar-refractivity contribution in [3.63, 3.8) is 0 Å². The number of rotatable bonds is 7. The molecule has 130 valence electrons. The van der Waals surface area contributed by atoms with Crippen molar-refractivity contribution in [2.24, 2.45) is 5.41 Å². The van der Waals surface area contributed by atoms with Gasteiger partial charge in [0, 0.05) is 29.6 Å². The molecule has 0 saturated carbocycles. The van der Waals surface area contributed by atoms with Gasteiger partial charge in [-0.1, -0.05) is 29.3 Å². The predicted molar refractivity (Wildman–Crippen MR) is 84.1 cm³/mol. The molecule has 0 radical (unpaired) electrons. The molecule has 1 aromatic heterocycles. The third-order valence-corrected chi connectivity index (χ3v) is 4.67. The van der Waals surface area contributed by atoms with E-state index in [1.54, 1.807) is 24.4 Å². The van der Waals surface area contributed by atoms with Crippen LogP contribution in [0.1, 0.15) is 13.3 Å². The third kappa shape index (κ3) is 4.25. The smallest absolute Gasteiger partial charge is 0.250 e. The van der Waals surface area contributed by atoms with E-state index in [4.69, 9.17) is 5.21 Å². The molecule has 0 bridgehead atoms. The van der Waals surface area contributed by atoms with Gasteiger partial charge in [0.15, 0.2) is 0 Å². The van der Waals surface area contributed by atoms with E-state index in [-0.39, 0.29) is 18.8 Å². The Balaban J connectivity index is 2.13. The van der Waals surface area contributed by atoms with Crippen LogP contribution < -0.4 is 5.48 Å². The van der Waals surface area contributed by atoms with E-state index in [0.29, 0.717) is 11.1 Å². The summed E-state index contributed by atoms with van der Waals surface area (Å²) in [6.07, 6.45) is 3.24. The molecule has 2 aromatic rings. The molecule has 0 aliphatic carbocycles. The van der Waals surface area contributed by atoms with Crippen LogP contribution in [0.3, 0.4) is 0 Å². The minimum atomic E-state index is -2.44. The molecule has 2 atom stereocenters. The van der Waals surface area contributed by atoms with Crippen molar-refractivity contribution in [3.05, 3.63) is 42.5 Å². The van der Waals surface area contributed by atoms with E-state index >= 15 is 0 Å². The maximum absolute atomic E-state index is 13.8. The molecule has 0 aliphatic heterocycles. The van der Waals surface area contributed by atoms with Crippen molar-refractivity contribution >= 4 is 17.0 Å². The highest BCUT2D eigenvalue weighted by Crippen LogP contribution is 2.25. The summed E-state index contributed by atoms with van der Waals surface area (Å²) in [6, 6.07) is 6.27. The molecule has 9 heteroatoms. The Labute approximate surface area is 140 Å². The lowest BCUT2D eigenvalue weighted by Gasteiger charge is -2.27. The Kier molecular flexibility index (Phi) is 5.81. The van der Waals surface area contributed by atoms with E-state index < -0.39 is 28.2 Å². The average Bonchev–Trinajstić information content (AvgIpc) is 3.00. The Morgan fingerprint density at radius 2 is 2.21 bits per heavy atom. The number of hydrogen-bond donors (Lipinski definition) is 2. The molecule has 1 heterocycles. The Bertz CT molecular complexity index is 752. The molecule has 0 spiro atoms. The highest BCUT2D eigenvalue weighted by Gasteiger charge is 2.33. The van der Waals surface area contributed by atoms with Gasteiger partial charge in [0.25, 0.3) is 0 Å². The van der Waals surface area contributed by atoms with Crippen molar-refractivity contribution in [1.82, 2.24) is 15.3 Å². The van der Waals surface area contributed by atoms with Gasteiger partial charge in [-0.2, -0.15) is 5.10 Å².